The highest BCUT2D eigenvalue weighted by Crippen LogP contribution is 2.51. The first kappa shape index (κ1) is 45.8. The van der Waals surface area contributed by atoms with Crippen molar-refractivity contribution in [3.8, 4) is 0 Å². The van der Waals surface area contributed by atoms with Crippen molar-refractivity contribution >= 4 is 90.7 Å². The van der Waals surface area contributed by atoms with Crippen molar-refractivity contribution < 1.29 is 56.5 Å². The van der Waals surface area contributed by atoms with Gasteiger partial charge in [0.15, 0.2) is 5.71 Å². The lowest BCUT2D eigenvalue weighted by Gasteiger charge is -2.27. The van der Waals surface area contributed by atoms with Crippen LogP contribution in [0.1, 0.15) is 64.5 Å². The minimum Gasteiger partial charge on any atom is -0.344 e. The van der Waals surface area contributed by atoms with Crippen molar-refractivity contribution in [3.05, 3.63) is 118 Å². The van der Waals surface area contributed by atoms with Gasteiger partial charge >= 0.3 is 0 Å². The molecule has 4 aromatic rings. The van der Waals surface area contributed by atoms with Gasteiger partial charge in [-0.25, -0.2) is 0 Å². The van der Waals surface area contributed by atoms with Gasteiger partial charge in [-0.05, 0) is 114 Å². The summed E-state index contributed by atoms with van der Waals surface area (Å²) in [7, 11) is -17.4. The average Bonchev–Trinajstić information content (AvgIpc) is 3.69. The molecule has 4 N–H and O–H groups in total. The molecule has 0 saturated heterocycles. The molecule has 7 rings (SSSR count). The fraction of sp³-hybridized carbons (Fsp3) is 0.326. The number of allylic oxidation sites excluding steroid dienone is 8. The summed E-state index contributed by atoms with van der Waals surface area (Å²) in [4.78, 5) is 1.50. The molecule has 0 spiro atoms. The minimum absolute atomic E-state index is 0.116. The molecule has 19 heteroatoms. The molecule has 14 nitrogen and oxygen atoms in total. The molecule has 2 heterocycles. The highest BCUT2D eigenvalue weighted by Gasteiger charge is 2.46. The van der Waals surface area contributed by atoms with Crippen molar-refractivity contribution in [2.75, 3.05) is 29.5 Å². The van der Waals surface area contributed by atoms with Crippen LogP contribution in [0.2, 0.25) is 0 Å². The maximum atomic E-state index is 11.9. The summed E-state index contributed by atoms with van der Waals surface area (Å²) in [5, 5.41) is 3.21. The van der Waals surface area contributed by atoms with Crippen LogP contribution in [0.25, 0.3) is 21.5 Å². The molecule has 0 aromatic heterocycles. The van der Waals surface area contributed by atoms with Gasteiger partial charge in [0.2, 0.25) is 5.69 Å². The number of fused-ring (bicyclic) bond motifs is 6. The fourth-order valence-electron chi connectivity index (χ4n) is 9.12. The largest absolute Gasteiger partial charge is 0.344 e. The molecule has 0 radical (unpaired) electrons. The summed E-state index contributed by atoms with van der Waals surface area (Å²) in [5.41, 5.74) is 5.25. The van der Waals surface area contributed by atoms with E-state index in [1.165, 1.54) is 24.3 Å². The normalized spacial score (nSPS) is 19.3. The van der Waals surface area contributed by atoms with Gasteiger partial charge in [-0.2, -0.15) is 38.2 Å². The molecule has 0 fully saturated rings. The van der Waals surface area contributed by atoms with E-state index in [9.17, 15) is 51.9 Å². The lowest BCUT2D eigenvalue weighted by Crippen LogP contribution is -2.28. The summed E-state index contributed by atoms with van der Waals surface area (Å²) in [6, 6.07) is 15.9. The Morgan fingerprint density at radius 1 is 0.677 bits per heavy atom. The molecule has 4 aromatic carbocycles. The number of halogens is 1. The molecule has 0 bridgehead atoms. The van der Waals surface area contributed by atoms with Gasteiger partial charge in [0.1, 0.15) is 6.54 Å². The molecular formula is C43H46ClN2O12S4+. The highest BCUT2D eigenvalue weighted by atomic mass is 35.5. The zero-order valence-corrected chi connectivity index (χ0v) is 38.2. The second-order valence-corrected chi connectivity index (χ2v) is 23.1. The molecule has 1 aliphatic carbocycles. The SMILES string of the molecule is CC1(C)C(/C=C/C2=C(Cl)C(=C/C=C3/N(CCCS(=O)(=O)O)c4ccc5cc(S(=O)(=O)O)ccc5c4C3(C)C)/CC2)=[N+](CCCS(=O)(=O)O)c2ccc3cc(S(=O)(=O)O)ccc3c21. The summed E-state index contributed by atoms with van der Waals surface area (Å²) in [6.07, 6.45) is 9.16. The fourth-order valence-corrected chi connectivity index (χ4v) is 11.5. The van der Waals surface area contributed by atoms with Gasteiger partial charge in [0, 0.05) is 52.5 Å². The minimum atomic E-state index is -4.45. The standard InChI is InChI=1S/C43H45ClN2O12S4/c1-42(2)37(45(21-5-23-59(47,48)49)35-17-9-29-25-31(61(53,54)55)13-15-33(29)39(35)42)19-11-27-7-8-28(41(27)44)12-20-38-43(3,4)40-34-16-14-32(62(56,57)58)26-30(34)10-18-36(40)46(38)22-6-24-60(50,51)52/h9-20,25-26H,5-8,21-24H2,1-4H3,(H3-,47,48,49,50,51,52,53,54,55,56,57,58)/p+1. The second-order valence-electron chi connectivity index (χ2n) is 16.8. The van der Waals surface area contributed by atoms with E-state index in [1.54, 1.807) is 24.3 Å². The zero-order chi connectivity index (χ0) is 45.4. The van der Waals surface area contributed by atoms with Crippen LogP contribution in [0.15, 0.2) is 117 Å². The molecule has 0 unspecified atom stereocenters. The lowest BCUT2D eigenvalue weighted by molar-refractivity contribution is -0.437. The van der Waals surface area contributed by atoms with Gasteiger partial charge in [-0.3, -0.25) is 18.2 Å². The van der Waals surface area contributed by atoms with E-state index < -0.39 is 62.8 Å². The third-order valence-electron chi connectivity index (χ3n) is 11.9. The van der Waals surface area contributed by atoms with E-state index in [2.05, 4.69) is 0 Å². The molecule has 330 valence electrons. The molecule has 2 aliphatic heterocycles. The van der Waals surface area contributed by atoms with E-state index in [-0.39, 0.29) is 35.7 Å². The number of benzene rings is 4. The van der Waals surface area contributed by atoms with Crippen LogP contribution < -0.4 is 4.90 Å². The number of hydrogen-bond acceptors (Lipinski definition) is 9. The van der Waals surface area contributed by atoms with Crippen molar-refractivity contribution in [2.24, 2.45) is 0 Å². The molecule has 0 atom stereocenters. The van der Waals surface area contributed by atoms with Crippen LogP contribution in [0.3, 0.4) is 0 Å². The van der Waals surface area contributed by atoms with Crippen LogP contribution >= 0.6 is 11.6 Å². The number of hydrogen-bond donors (Lipinski definition) is 4. The average molecular weight is 947 g/mol. The third-order valence-corrected chi connectivity index (χ3v) is 15.7. The quantitative estimate of drug-likeness (QED) is 0.0741. The lowest BCUT2D eigenvalue weighted by atomic mass is 9.79. The van der Waals surface area contributed by atoms with E-state index >= 15 is 0 Å². The Balaban J connectivity index is 1.26. The van der Waals surface area contributed by atoms with Gasteiger partial charge in [0.25, 0.3) is 40.5 Å². The van der Waals surface area contributed by atoms with E-state index in [4.69, 9.17) is 11.6 Å². The van der Waals surface area contributed by atoms with Gasteiger partial charge in [0.05, 0.1) is 26.7 Å². The zero-order valence-electron chi connectivity index (χ0n) is 34.2. The highest BCUT2D eigenvalue weighted by molar-refractivity contribution is 7.86. The summed E-state index contributed by atoms with van der Waals surface area (Å²) in [6.45, 7) is 8.51. The first-order chi connectivity index (χ1) is 28.7. The van der Waals surface area contributed by atoms with Crippen LogP contribution in [-0.4, -0.2) is 86.8 Å². The Hall–Kier alpha value is -4.24. The van der Waals surface area contributed by atoms with Gasteiger partial charge in [-0.1, -0.05) is 55.8 Å². The van der Waals surface area contributed by atoms with Crippen LogP contribution in [0.5, 0.6) is 0 Å². The molecule has 0 saturated carbocycles. The Morgan fingerprint density at radius 3 is 1.82 bits per heavy atom. The second kappa shape index (κ2) is 16.1. The maximum absolute atomic E-state index is 11.9. The van der Waals surface area contributed by atoms with Crippen LogP contribution in [0.4, 0.5) is 11.4 Å². The van der Waals surface area contributed by atoms with Gasteiger partial charge < -0.3 is 4.90 Å². The Bertz CT molecular complexity index is 3200. The monoisotopic (exact) mass is 945 g/mol. The predicted octanol–water partition coefficient (Wildman–Crippen LogP) is 7.87. The van der Waals surface area contributed by atoms with Crippen LogP contribution in [0, 0.1) is 0 Å². The van der Waals surface area contributed by atoms with Crippen molar-refractivity contribution in [1.29, 1.82) is 0 Å². The Morgan fingerprint density at radius 2 is 1.24 bits per heavy atom. The molecule has 0 amide bonds. The molecular weight excluding hydrogens is 900 g/mol. The summed E-state index contributed by atoms with van der Waals surface area (Å²) in [5.74, 6) is -0.902. The number of nitrogens with zero attached hydrogens (tertiary/aromatic N) is 2. The molecule has 62 heavy (non-hydrogen) atoms. The summed E-state index contributed by atoms with van der Waals surface area (Å²) < 4.78 is 135. The number of rotatable bonds is 13. The maximum Gasteiger partial charge on any atom is 0.294 e. The van der Waals surface area contributed by atoms with Crippen LogP contribution in [-0.2, 0) is 51.3 Å². The first-order valence-corrected chi connectivity index (χ1v) is 26.1. The summed E-state index contributed by atoms with van der Waals surface area (Å²) >= 11 is 7.10. The smallest absolute Gasteiger partial charge is 0.294 e. The number of anilines is 1. The predicted molar refractivity (Wildman–Crippen MR) is 240 cm³/mol. The third kappa shape index (κ3) is 8.94. The van der Waals surface area contributed by atoms with Crippen molar-refractivity contribution in [1.82, 2.24) is 0 Å². The van der Waals surface area contributed by atoms with E-state index in [0.29, 0.717) is 28.6 Å². The Labute approximate surface area is 366 Å². The molecule has 3 aliphatic rings. The topological polar surface area (TPSA) is 224 Å². The Kier molecular flexibility index (Phi) is 11.9. The van der Waals surface area contributed by atoms with Crippen molar-refractivity contribution in [3.63, 3.8) is 0 Å². The van der Waals surface area contributed by atoms with Gasteiger partial charge in [-0.15, -0.1) is 0 Å². The first-order valence-electron chi connectivity index (χ1n) is 19.6. The van der Waals surface area contributed by atoms with E-state index in [0.717, 1.165) is 55.8 Å². The van der Waals surface area contributed by atoms with E-state index in [1.807, 2.05) is 73.6 Å². The van der Waals surface area contributed by atoms with Crippen molar-refractivity contribution in [2.45, 2.75) is 74.0 Å².